The number of hydrogen-bond acceptors (Lipinski definition) is 4. The maximum Gasteiger partial charge on any atom is 0.299 e. The van der Waals surface area contributed by atoms with Gasteiger partial charge in [0.05, 0.1) is 7.11 Å². The molecule has 0 saturated carbocycles. The summed E-state index contributed by atoms with van der Waals surface area (Å²) in [6.45, 7) is 0.419. The highest BCUT2D eigenvalue weighted by molar-refractivity contribution is 5.64. The summed E-state index contributed by atoms with van der Waals surface area (Å²) in [5, 5.41) is 19.1. The molecule has 2 aromatic rings. The maximum atomic E-state index is 13.6. The fourth-order valence-electron chi connectivity index (χ4n) is 2.34. The van der Waals surface area contributed by atoms with Crippen molar-refractivity contribution in [2.45, 2.75) is 0 Å². The van der Waals surface area contributed by atoms with Crippen molar-refractivity contribution < 1.29 is 19.3 Å². The molecule has 0 aromatic heterocycles. The van der Waals surface area contributed by atoms with Gasteiger partial charge in [0.2, 0.25) is 0 Å². The van der Waals surface area contributed by atoms with E-state index in [2.05, 4.69) is 0 Å². The van der Waals surface area contributed by atoms with E-state index in [-0.39, 0.29) is 5.75 Å². The Labute approximate surface area is 140 Å². The monoisotopic (exact) mass is 329 g/mol. The van der Waals surface area contributed by atoms with Gasteiger partial charge in [0.1, 0.15) is 5.70 Å². The average molecular weight is 329 g/mol. The maximum absolute atomic E-state index is 13.6. The Morgan fingerprint density at radius 2 is 1.88 bits per heavy atom. The number of halogens is 1. The van der Waals surface area contributed by atoms with Crippen LogP contribution in [0.3, 0.4) is 0 Å². The van der Waals surface area contributed by atoms with Gasteiger partial charge >= 0.3 is 0 Å². The van der Waals surface area contributed by atoms with Crippen molar-refractivity contribution in [1.29, 1.82) is 0 Å². The summed E-state index contributed by atoms with van der Waals surface area (Å²) in [7, 11) is 3.16. The first kappa shape index (κ1) is 17.4. The molecule has 0 unspecified atom stereocenters. The number of nitrogens with zero attached hydrogens (tertiary/aromatic N) is 1. The second-order valence-electron chi connectivity index (χ2n) is 5.22. The molecule has 0 fully saturated rings. The lowest BCUT2D eigenvalue weighted by atomic mass is 10.1. The number of aliphatic hydroxyl groups excluding tert-OH is 1. The molecule has 0 bridgehead atoms. The highest BCUT2D eigenvalue weighted by Crippen LogP contribution is 2.21. The van der Waals surface area contributed by atoms with Crippen LogP contribution < -0.4 is 4.74 Å². The van der Waals surface area contributed by atoms with Crippen molar-refractivity contribution in [2.75, 3.05) is 20.7 Å². The topological polar surface area (TPSA) is 52.9 Å². The number of benzene rings is 2. The summed E-state index contributed by atoms with van der Waals surface area (Å²) in [5.74, 6) is -0.970. The van der Waals surface area contributed by atoms with Crippen LogP contribution in [0.25, 0.3) is 11.8 Å². The SMILES string of the molecule is COc1ccc(/C=C/CN(C)C(=C(O)O)c2ccccc2)cc1F. The van der Waals surface area contributed by atoms with Crippen LogP contribution in [0, 0.1) is 5.82 Å². The van der Waals surface area contributed by atoms with Crippen LogP contribution in [-0.2, 0) is 0 Å². The van der Waals surface area contributed by atoms with Crippen molar-refractivity contribution in [1.82, 2.24) is 4.90 Å². The Morgan fingerprint density at radius 1 is 1.17 bits per heavy atom. The Hall–Kier alpha value is -2.95. The van der Waals surface area contributed by atoms with E-state index in [1.165, 1.54) is 13.2 Å². The van der Waals surface area contributed by atoms with Gasteiger partial charge in [-0.15, -0.1) is 0 Å². The Balaban J connectivity index is 2.10. The zero-order valence-electron chi connectivity index (χ0n) is 13.6. The first-order valence-corrected chi connectivity index (χ1v) is 7.41. The third-order valence-electron chi connectivity index (χ3n) is 3.51. The number of hydrogen-bond donors (Lipinski definition) is 2. The van der Waals surface area contributed by atoms with E-state index in [4.69, 9.17) is 4.74 Å². The lowest BCUT2D eigenvalue weighted by molar-refractivity contribution is 0.186. The van der Waals surface area contributed by atoms with Gasteiger partial charge in [-0.1, -0.05) is 48.6 Å². The molecule has 5 heteroatoms. The molecule has 4 nitrogen and oxygen atoms in total. The van der Waals surface area contributed by atoms with Crippen molar-refractivity contribution in [3.8, 4) is 5.75 Å². The molecule has 0 saturated heterocycles. The van der Waals surface area contributed by atoms with Crippen LogP contribution in [-0.4, -0.2) is 35.8 Å². The lowest BCUT2D eigenvalue weighted by Crippen LogP contribution is -2.18. The molecule has 0 radical (unpaired) electrons. The highest BCUT2D eigenvalue weighted by atomic mass is 19.1. The largest absolute Gasteiger partial charge is 0.494 e. The second kappa shape index (κ2) is 8.06. The summed E-state index contributed by atoms with van der Waals surface area (Å²) < 4.78 is 18.5. The number of aliphatic hydroxyl groups is 2. The quantitative estimate of drug-likeness (QED) is 0.779. The molecule has 0 spiro atoms. The van der Waals surface area contributed by atoms with E-state index in [0.717, 1.165) is 0 Å². The lowest BCUT2D eigenvalue weighted by Gasteiger charge is -2.20. The van der Waals surface area contributed by atoms with Gasteiger partial charge in [-0.25, -0.2) is 4.39 Å². The van der Waals surface area contributed by atoms with Gasteiger partial charge in [0.15, 0.2) is 11.6 Å². The van der Waals surface area contributed by atoms with Crippen LogP contribution in [0.15, 0.2) is 60.6 Å². The number of methoxy groups -OCH3 is 1. The highest BCUT2D eigenvalue weighted by Gasteiger charge is 2.12. The van der Waals surface area contributed by atoms with Gasteiger partial charge in [-0.3, -0.25) is 0 Å². The molecule has 126 valence electrons. The van der Waals surface area contributed by atoms with E-state index in [0.29, 0.717) is 23.4 Å². The summed E-state index contributed by atoms with van der Waals surface area (Å²) in [5.41, 5.74) is 1.71. The van der Waals surface area contributed by atoms with Gasteiger partial charge in [0, 0.05) is 19.2 Å². The van der Waals surface area contributed by atoms with E-state index >= 15 is 0 Å². The molecule has 0 aliphatic rings. The standard InChI is InChI=1S/C19H20FNO3/c1-21(18(19(22)23)15-8-4-3-5-9-15)12-6-7-14-10-11-17(24-2)16(20)13-14/h3-11,13,22-23H,12H2,1-2H3/b7-6+. The van der Waals surface area contributed by atoms with Crippen LogP contribution in [0.4, 0.5) is 4.39 Å². The van der Waals surface area contributed by atoms with Crippen LogP contribution in [0.5, 0.6) is 5.75 Å². The predicted molar refractivity (Wildman–Crippen MR) is 93.2 cm³/mol. The molecule has 0 amide bonds. The van der Waals surface area contributed by atoms with Gasteiger partial charge in [-0.2, -0.15) is 0 Å². The molecule has 2 aromatic carbocycles. The number of ether oxygens (including phenoxy) is 1. The zero-order chi connectivity index (χ0) is 17.5. The molecular weight excluding hydrogens is 309 g/mol. The Morgan fingerprint density at radius 3 is 2.46 bits per heavy atom. The van der Waals surface area contributed by atoms with Gasteiger partial charge in [-0.05, 0) is 17.7 Å². The zero-order valence-corrected chi connectivity index (χ0v) is 13.6. The molecular formula is C19H20FNO3. The summed E-state index contributed by atoms with van der Waals surface area (Å²) in [6, 6.07) is 13.8. The van der Waals surface area contributed by atoms with Crippen LogP contribution in [0.1, 0.15) is 11.1 Å². The number of likely N-dealkylation sites (N-methyl/N-ethyl adjacent to an activating group) is 1. The van der Waals surface area contributed by atoms with E-state index in [1.807, 2.05) is 24.3 Å². The van der Waals surface area contributed by atoms with Crippen molar-refractivity contribution in [2.24, 2.45) is 0 Å². The molecule has 2 rings (SSSR count). The third-order valence-corrected chi connectivity index (χ3v) is 3.51. The fourth-order valence-corrected chi connectivity index (χ4v) is 2.34. The molecule has 0 atom stereocenters. The minimum atomic E-state index is -0.743. The first-order valence-electron chi connectivity index (χ1n) is 7.41. The second-order valence-corrected chi connectivity index (χ2v) is 5.22. The van der Waals surface area contributed by atoms with E-state index in [9.17, 15) is 14.6 Å². The molecule has 0 aliphatic heterocycles. The minimum absolute atomic E-state index is 0.198. The van der Waals surface area contributed by atoms with E-state index < -0.39 is 11.8 Å². The van der Waals surface area contributed by atoms with Crippen molar-refractivity contribution in [3.63, 3.8) is 0 Å². The molecule has 0 heterocycles. The van der Waals surface area contributed by atoms with Gasteiger partial charge < -0.3 is 19.8 Å². The number of rotatable bonds is 6. The molecule has 2 N–H and O–H groups in total. The van der Waals surface area contributed by atoms with Crippen molar-refractivity contribution in [3.05, 3.63) is 77.5 Å². The van der Waals surface area contributed by atoms with E-state index in [1.54, 1.807) is 42.3 Å². The summed E-state index contributed by atoms with van der Waals surface area (Å²) in [4.78, 5) is 1.70. The van der Waals surface area contributed by atoms with Crippen LogP contribution in [0.2, 0.25) is 0 Å². The fraction of sp³-hybridized carbons (Fsp3) is 0.158. The predicted octanol–water partition coefficient (Wildman–Crippen LogP) is 4.22. The average Bonchev–Trinajstić information content (AvgIpc) is 2.56. The minimum Gasteiger partial charge on any atom is -0.494 e. The van der Waals surface area contributed by atoms with Gasteiger partial charge in [0.25, 0.3) is 5.95 Å². The smallest absolute Gasteiger partial charge is 0.299 e. The Bertz CT molecular complexity index is 738. The summed E-state index contributed by atoms with van der Waals surface area (Å²) in [6.07, 6.45) is 3.57. The normalized spacial score (nSPS) is 10.6. The van der Waals surface area contributed by atoms with Crippen LogP contribution >= 0.6 is 0 Å². The first-order chi connectivity index (χ1) is 11.5. The summed E-state index contributed by atoms with van der Waals surface area (Å²) >= 11 is 0. The van der Waals surface area contributed by atoms with Crippen molar-refractivity contribution >= 4 is 11.8 Å². The molecule has 0 aliphatic carbocycles. The Kier molecular flexibility index (Phi) is 5.84. The molecule has 24 heavy (non-hydrogen) atoms. The third kappa shape index (κ3) is 4.29.